The second kappa shape index (κ2) is 8.55. The average Bonchev–Trinajstić information content (AvgIpc) is 2.75. The number of aromatic nitrogens is 1. The summed E-state index contributed by atoms with van der Waals surface area (Å²) in [6.07, 6.45) is -3.39. The number of aliphatic hydroxyl groups is 1. The van der Waals surface area contributed by atoms with Crippen molar-refractivity contribution in [1.29, 1.82) is 0 Å². The van der Waals surface area contributed by atoms with E-state index in [-0.39, 0.29) is 30.1 Å². The Hall–Kier alpha value is -3.52. The summed E-state index contributed by atoms with van der Waals surface area (Å²) in [6, 6.07) is 15.4. The van der Waals surface area contributed by atoms with Crippen LogP contribution >= 0.6 is 11.6 Å². The van der Waals surface area contributed by atoms with E-state index in [9.17, 15) is 23.1 Å². The second-order valence-corrected chi connectivity index (χ2v) is 7.43. The minimum atomic E-state index is -4.84. The third-order valence-electron chi connectivity index (χ3n) is 4.91. The molecule has 0 unspecified atom stereocenters. The molecule has 0 amide bonds. The molecule has 1 N–H and O–H groups in total. The van der Waals surface area contributed by atoms with E-state index in [1.54, 1.807) is 47.4 Å². The van der Waals surface area contributed by atoms with Gasteiger partial charge in [-0.2, -0.15) is 0 Å². The molecule has 0 aliphatic carbocycles. The zero-order valence-electron chi connectivity index (χ0n) is 16.4. The summed E-state index contributed by atoms with van der Waals surface area (Å²) >= 11 is 6.16. The van der Waals surface area contributed by atoms with Gasteiger partial charge in [0.25, 0.3) is 0 Å². The van der Waals surface area contributed by atoms with Crippen molar-refractivity contribution in [3.63, 3.8) is 0 Å². The molecule has 5 nitrogen and oxygen atoms in total. The number of hydrogen-bond acceptors (Lipinski definition) is 5. The molecule has 0 fully saturated rings. The first-order valence-corrected chi connectivity index (χ1v) is 9.88. The normalized spacial score (nSPS) is 13.7. The van der Waals surface area contributed by atoms with Crippen LogP contribution in [-0.4, -0.2) is 28.8 Å². The van der Waals surface area contributed by atoms with Crippen LogP contribution in [0.3, 0.4) is 0 Å². The molecule has 0 radical (unpaired) electrons. The van der Waals surface area contributed by atoms with Gasteiger partial charge in [-0.25, -0.2) is 4.98 Å². The minimum absolute atomic E-state index is 0.0419. The van der Waals surface area contributed by atoms with Crippen molar-refractivity contribution in [3.05, 3.63) is 88.6 Å². The highest BCUT2D eigenvalue weighted by molar-refractivity contribution is 6.31. The van der Waals surface area contributed by atoms with E-state index in [0.29, 0.717) is 27.7 Å². The highest BCUT2D eigenvalue weighted by Gasteiger charge is 2.33. The molecule has 0 spiro atoms. The maximum absolute atomic E-state index is 13.1. The lowest BCUT2D eigenvalue weighted by atomic mass is 9.96. The fourth-order valence-electron chi connectivity index (χ4n) is 3.47. The molecule has 2 aromatic carbocycles. The standard InChI is InChI=1S/C23H16ClF3N2O3/c24-19-9-2-1-5-14(19)11-20(30)18-13-29(22-17(21(18)31)8-4-10-28-22)15-6-3-7-16(12-15)32-23(25,26)27/h1-10,12,31H,11,13H2. The van der Waals surface area contributed by atoms with E-state index in [0.717, 1.165) is 0 Å². The molecular weight excluding hydrogens is 445 g/mol. The fourth-order valence-corrected chi connectivity index (χ4v) is 3.67. The molecule has 9 heteroatoms. The molecule has 1 aliphatic rings. The van der Waals surface area contributed by atoms with Gasteiger partial charge in [0.1, 0.15) is 17.3 Å². The highest BCUT2D eigenvalue weighted by atomic mass is 35.5. The van der Waals surface area contributed by atoms with Gasteiger partial charge in [-0.05, 0) is 35.9 Å². The number of rotatable bonds is 5. The smallest absolute Gasteiger partial charge is 0.507 e. The van der Waals surface area contributed by atoms with Gasteiger partial charge in [-0.1, -0.05) is 35.9 Å². The van der Waals surface area contributed by atoms with Crippen molar-refractivity contribution >= 4 is 34.6 Å². The molecule has 0 saturated heterocycles. The quantitative estimate of drug-likeness (QED) is 0.516. The number of nitrogens with zero attached hydrogens (tertiary/aromatic N) is 2. The van der Waals surface area contributed by atoms with E-state index in [4.69, 9.17) is 11.6 Å². The van der Waals surface area contributed by atoms with Crippen molar-refractivity contribution < 1.29 is 27.8 Å². The Morgan fingerprint density at radius 3 is 2.66 bits per heavy atom. The number of halogens is 4. The lowest BCUT2D eigenvalue weighted by Crippen LogP contribution is -2.30. The average molecular weight is 461 g/mol. The number of alkyl halides is 3. The molecule has 1 aromatic heterocycles. The summed E-state index contributed by atoms with van der Waals surface area (Å²) in [4.78, 5) is 18.9. The van der Waals surface area contributed by atoms with Crippen molar-refractivity contribution in [1.82, 2.24) is 4.98 Å². The number of carbonyl (C=O) groups is 1. The Balaban J connectivity index is 1.72. The summed E-state index contributed by atoms with van der Waals surface area (Å²) in [7, 11) is 0. The molecule has 4 rings (SSSR count). The molecule has 3 aromatic rings. The van der Waals surface area contributed by atoms with Gasteiger partial charge < -0.3 is 14.7 Å². The molecule has 0 atom stereocenters. The molecule has 0 bridgehead atoms. The van der Waals surface area contributed by atoms with Crippen LogP contribution in [0, 0.1) is 0 Å². The molecule has 164 valence electrons. The molecule has 2 heterocycles. The third kappa shape index (κ3) is 4.55. The van der Waals surface area contributed by atoms with Crippen LogP contribution in [0.2, 0.25) is 5.02 Å². The summed E-state index contributed by atoms with van der Waals surface area (Å²) < 4.78 is 42.0. The van der Waals surface area contributed by atoms with E-state index in [1.807, 2.05) is 0 Å². The summed E-state index contributed by atoms with van der Waals surface area (Å²) in [5.41, 5.74) is 1.32. The van der Waals surface area contributed by atoms with Crippen molar-refractivity contribution in [3.8, 4) is 5.75 Å². The summed E-state index contributed by atoms with van der Waals surface area (Å²) in [5, 5.41) is 11.2. The van der Waals surface area contributed by atoms with Gasteiger partial charge in [-0.15, -0.1) is 13.2 Å². The van der Waals surface area contributed by atoms with E-state index in [1.165, 1.54) is 24.4 Å². The predicted molar refractivity (Wildman–Crippen MR) is 114 cm³/mol. The van der Waals surface area contributed by atoms with Crippen LogP contribution < -0.4 is 9.64 Å². The number of pyridine rings is 1. The Kier molecular flexibility index (Phi) is 5.80. The van der Waals surface area contributed by atoms with Crippen LogP contribution in [0.5, 0.6) is 5.75 Å². The first kappa shape index (κ1) is 21.7. The number of hydrogen-bond donors (Lipinski definition) is 1. The number of ether oxygens (including phenoxy) is 1. The van der Waals surface area contributed by atoms with Crippen LogP contribution in [-0.2, 0) is 11.2 Å². The monoisotopic (exact) mass is 460 g/mol. The topological polar surface area (TPSA) is 62.7 Å². The van der Waals surface area contributed by atoms with E-state index >= 15 is 0 Å². The van der Waals surface area contributed by atoms with Gasteiger partial charge >= 0.3 is 6.36 Å². The number of ketones is 1. The van der Waals surface area contributed by atoms with E-state index in [2.05, 4.69) is 9.72 Å². The van der Waals surface area contributed by atoms with Crippen LogP contribution in [0.25, 0.3) is 5.76 Å². The highest BCUT2D eigenvalue weighted by Crippen LogP contribution is 2.38. The summed E-state index contributed by atoms with van der Waals surface area (Å²) in [5.74, 6) is -0.680. The van der Waals surface area contributed by atoms with Gasteiger partial charge in [0.2, 0.25) is 0 Å². The summed E-state index contributed by atoms with van der Waals surface area (Å²) in [6.45, 7) is -0.0887. The Labute approximate surface area is 186 Å². The van der Waals surface area contributed by atoms with Crippen molar-refractivity contribution in [2.45, 2.75) is 12.8 Å². The molecule has 32 heavy (non-hydrogen) atoms. The number of fused-ring (bicyclic) bond motifs is 1. The number of carbonyl (C=O) groups excluding carboxylic acids is 1. The number of benzene rings is 2. The SMILES string of the molecule is O=C(Cc1ccccc1Cl)C1=C(O)c2cccnc2N(c2cccc(OC(F)(F)F)c2)C1. The number of aliphatic hydroxyl groups excluding tert-OH is 1. The number of anilines is 2. The Bertz CT molecular complexity index is 1210. The van der Waals surface area contributed by atoms with Crippen LogP contribution in [0.4, 0.5) is 24.7 Å². The van der Waals surface area contributed by atoms with Crippen molar-refractivity contribution in [2.24, 2.45) is 0 Å². The predicted octanol–water partition coefficient (Wildman–Crippen LogP) is 5.87. The Morgan fingerprint density at radius 2 is 1.91 bits per heavy atom. The lowest BCUT2D eigenvalue weighted by molar-refractivity contribution is -0.274. The molecular formula is C23H16ClF3N2O3. The maximum atomic E-state index is 13.1. The van der Waals surface area contributed by atoms with Gasteiger partial charge in [0, 0.05) is 29.4 Å². The third-order valence-corrected chi connectivity index (χ3v) is 5.28. The lowest BCUT2D eigenvalue weighted by Gasteiger charge is -2.31. The Morgan fingerprint density at radius 1 is 1.12 bits per heavy atom. The van der Waals surface area contributed by atoms with Gasteiger partial charge in [-0.3, -0.25) is 4.79 Å². The molecule has 1 aliphatic heterocycles. The zero-order chi connectivity index (χ0) is 22.9. The second-order valence-electron chi connectivity index (χ2n) is 7.02. The largest absolute Gasteiger partial charge is 0.573 e. The minimum Gasteiger partial charge on any atom is -0.507 e. The van der Waals surface area contributed by atoms with Gasteiger partial charge in [0.15, 0.2) is 5.78 Å². The van der Waals surface area contributed by atoms with Crippen LogP contribution in [0.15, 0.2) is 72.4 Å². The number of Topliss-reactive ketones (excluding diaryl/α,β-unsaturated/α-hetero) is 1. The van der Waals surface area contributed by atoms with E-state index < -0.39 is 12.1 Å². The van der Waals surface area contributed by atoms with Crippen molar-refractivity contribution in [2.75, 3.05) is 11.4 Å². The molecule has 0 saturated carbocycles. The zero-order valence-corrected chi connectivity index (χ0v) is 17.2. The first-order chi connectivity index (χ1) is 15.2. The van der Waals surface area contributed by atoms with Crippen LogP contribution in [0.1, 0.15) is 11.1 Å². The first-order valence-electron chi connectivity index (χ1n) is 9.50. The maximum Gasteiger partial charge on any atom is 0.573 e. The fraction of sp³-hybridized carbons (Fsp3) is 0.130. The van der Waals surface area contributed by atoms with Gasteiger partial charge in [0.05, 0.1) is 17.7 Å².